The molecule has 134 valence electrons. The summed E-state index contributed by atoms with van der Waals surface area (Å²) in [6.07, 6.45) is 2.58. The van der Waals surface area contributed by atoms with Crippen LogP contribution in [0, 0.1) is 0 Å². The van der Waals surface area contributed by atoms with Crippen molar-refractivity contribution in [3.63, 3.8) is 0 Å². The smallest absolute Gasteiger partial charge is 0.282 e. The minimum atomic E-state index is -0.279. The number of hydrogen-bond acceptors (Lipinski definition) is 5. The first-order valence-electron chi connectivity index (χ1n) is 8.44. The zero-order chi connectivity index (χ0) is 18.8. The minimum absolute atomic E-state index is 0.0882. The van der Waals surface area contributed by atoms with Crippen molar-refractivity contribution >= 4 is 15.9 Å². The molecule has 27 heavy (non-hydrogen) atoms. The van der Waals surface area contributed by atoms with Crippen molar-refractivity contribution in [2.24, 2.45) is 0 Å². The molecular weight excluding hydrogens is 408 g/mol. The van der Waals surface area contributed by atoms with Gasteiger partial charge in [0.2, 0.25) is 11.3 Å². The van der Waals surface area contributed by atoms with Gasteiger partial charge in [-0.25, -0.2) is 4.68 Å². The van der Waals surface area contributed by atoms with Gasteiger partial charge >= 0.3 is 0 Å². The van der Waals surface area contributed by atoms with Crippen molar-refractivity contribution in [3.05, 3.63) is 81.1 Å². The van der Waals surface area contributed by atoms with Crippen LogP contribution < -0.4 is 5.43 Å². The Balaban J connectivity index is 1.74. The van der Waals surface area contributed by atoms with Crippen LogP contribution >= 0.6 is 15.9 Å². The van der Waals surface area contributed by atoms with Crippen molar-refractivity contribution in [1.29, 1.82) is 0 Å². The van der Waals surface area contributed by atoms with Crippen molar-refractivity contribution < 1.29 is 4.52 Å². The van der Waals surface area contributed by atoms with E-state index in [1.165, 1.54) is 11.6 Å². The number of hydrogen-bond donors (Lipinski definition) is 0. The molecule has 2 aromatic heterocycles. The molecule has 0 aliphatic rings. The number of rotatable bonds is 4. The van der Waals surface area contributed by atoms with Crippen molar-refractivity contribution in [2.45, 2.75) is 13.3 Å². The van der Waals surface area contributed by atoms with E-state index in [2.05, 4.69) is 38.1 Å². The lowest BCUT2D eigenvalue weighted by Crippen LogP contribution is -2.12. The predicted molar refractivity (Wildman–Crippen MR) is 106 cm³/mol. The van der Waals surface area contributed by atoms with E-state index in [0.29, 0.717) is 5.82 Å². The molecule has 0 unspecified atom stereocenters. The number of aryl methyl sites for hydroxylation is 1. The lowest BCUT2D eigenvalue weighted by Gasteiger charge is -2.06. The van der Waals surface area contributed by atoms with E-state index in [1.807, 2.05) is 48.5 Å². The van der Waals surface area contributed by atoms with E-state index < -0.39 is 0 Å². The van der Waals surface area contributed by atoms with Crippen LogP contribution in [0.5, 0.6) is 0 Å². The third-order valence-electron chi connectivity index (χ3n) is 4.16. The summed E-state index contributed by atoms with van der Waals surface area (Å²) in [6, 6.07) is 17.0. The molecule has 7 heteroatoms. The first kappa shape index (κ1) is 17.4. The van der Waals surface area contributed by atoms with E-state index in [1.54, 1.807) is 10.9 Å². The fourth-order valence-electron chi connectivity index (χ4n) is 2.66. The van der Waals surface area contributed by atoms with E-state index in [0.717, 1.165) is 22.1 Å². The lowest BCUT2D eigenvalue weighted by atomic mass is 10.1. The molecule has 0 aliphatic heterocycles. The molecule has 0 fully saturated rings. The van der Waals surface area contributed by atoms with E-state index in [-0.39, 0.29) is 17.0 Å². The molecule has 0 aliphatic carbocycles. The highest BCUT2D eigenvalue weighted by Gasteiger charge is 2.17. The molecule has 4 rings (SSSR count). The Morgan fingerprint density at radius 3 is 2.59 bits per heavy atom. The van der Waals surface area contributed by atoms with Gasteiger partial charge in [0.15, 0.2) is 5.69 Å². The summed E-state index contributed by atoms with van der Waals surface area (Å²) in [5.74, 6) is 0.478. The lowest BCUT2D eigenvalue weighted by molar-refractivity contribution is 0.429. The average molecular weight is 423 g/mol. The first-order chi connectivity index (χ1) is 13.2. The van der Waals surface area contributed by atoms with Gasteiger partial charge in [0.05, 0.1) is 5.69 Å². The van der Waals surface area contributed by atoms with Gasteiger partial charge in [0.1, 0.15) is 0 Å². The number of benzene rings is 2. The third-order valence-corrected chi connectivity index (χ3v) is 4.85. The summed E-state index contributed by atoms with van der Waals surface area (Å²) >= 11 is 3.46. The maximum absolute atomic E-state index is 12.3. The second kappa shape index (κ2) is 7.28. The molecule has 4 aromatic rings. The molecule has 0 amide bonds. The van der Waals surface area contributed by atoms with Gasteiger partial charge in [-0.3, -0.25) is 4.79 Å². The molecule has 0 saturated heterocycles. The predicted octanol–water partition coefficient (Wildman–Crippen LogP) is 4.27. The first-order valence-corrected chi connectivity index (χ1v) is 9.23. The van der Waals surface area contributed by atoms with Crippen LogP contribution in [0.2, 0.25) is 0 Å². The Labute approximate surface area is 163 Å². The van der Waals surface area contributed by atoms with Crippen LogP contribution in [-0.2, 0) is 6.42 Å². The molecule has 0 bridgehead atoms. The number of aromatic nitrogens is 4. The summed E-state index contributed by atoms with van der Waals surface area (Å²) in [5, 5.41) is 8.38. The Hall–Kier alpha value is -3.06. The molecule has 2 aromatic carbocycles. The third kappa shape index (κ3) is 3.46. The van der Waals surface area contributed by atoms with Crippen LogP contribution in [0.3, 0.4) is 0 Å². The van der Waals surface area contributed by atoms with Crippen molar-refractivity contribution in [2.75, 3.05) is 0 Å². The normalized spacial score (nSPS) is 10.9. The van der Waals surface area contributed by atoms with Crippen LogP contribution in [0.15, 0.2) is 74.6 Å². The van der Waals surface area contributed by atoms with Crippen LogP contribution in [-0.4, -0.2) is 19.9 Å². The van der Waals surface area contributed by atoms with Crippen molar-refractivity contribution in [1.82, 2.24) is 19.9 Å². The summed E-state index contributed by atoms with van der Waals surface area (Å²) in [4.78, 5) is 16.7. The SMILES string of the molecule is CCc1ccc(-n2ccc(=O)c(-c3nc(-c4ccccc4Br)no3)n2)cc1. The summed E-state index contributed by atoms with van der Waals surface area (Å²) in [7, 11) is 0. The van der Waals surface area contributed by atoms with Gasteiger partial charge in [0, 0.05) is 22.3 Å². The van der Waals surface area contributed by atoms with Crippen LogP contribution in [0.25, 0.3) is 28.7 Å². The molecule has 0 N–H and O–H groups in total. The van der Waals surface area contributed by atoms with Gasteiger partial charge in [-0.15, -0.1) is 0 Å². The average Bonchev–Trinajstić information content (AvgIpc) is 3.18. The monoisotopic (exact) mass is 422 g/mol. The number of halogens is 1. The van der Waals surface area contributed by atoms with Crippen LogP contribution in [0.1, 0.15) is 12.5 Å². The molecule has 0 saturated carbocycles. The second-order valence-corrected chi connectivity index (χ2v) is 6.75. The standard InChI is InChI=1S/C20H15BrN4O2/c1-2-13-7-9-14(10-8-13)25-12-11-17(26)18(23-25)20-22-19(24-27-20)15-5-3-4-6-16(15)21/h3-12H,2H2,1H3. The molecule has 0 atom stereocenters. The highest BCUT2D eigenvalue weighted by Crippen LogP contribution is 2.26. The quantitative estimate of drug-likeness (QED) is 0.490. The molecule has 2 heterocycles. The highest BCUT2D eigenvalue weighted by molar-refractivity contribution is 9.10. The second-order valence-electron chi connectivity index (χ2n) is 5.90. The summed E-state index contributed by atoms with van der Waals surface area (Å²) < 4.78 is 7.77. The molecular formula is C20H15BrN4O2. The van der Waals surface area contributed by atoms with E-state index in [9.17, 15) is 4.79 Å². The Morgan fingerprint density at radius 2 is 1.85 bits per heavy atom. The summed E-state index contributed by atoms with van der Waals surface area (Å²) in [5.41, 5.74) is 2.69. The fourth-order valence-corrected chi connectivity index (χ4v) is 3.12. The van der Waals surface area contributed by atoms with Gasteiger partial charge < -0.3 is 4.52 Å². The topological polar surface area (TPSA) is 73.8 Å². The van der Waals surface area contributed by atoms with Gasteiger partial charge in [-0.1, -0.05) is 52.3 Å². The maximum atomic E-state index is 12.3. The van der Waals surface area contributed by atoms with E-state index >= 15 is 0 Å². The van der Waals surface area contributed by atoms with Gasteiger partial charge in [-0.2, -0.15) is 10.1 Å². The van der Waals surface area contributed by atoms with Gasteiger partial charge in [0.25, 0.3) is 5.89 Å². The van der Waals surface area contributed by atoms with Crippen LogP contribution in [0.4, 0.5) is 0 Å². The fraction of sp³-hybridized carbons (Fsp3) is 0.100. The zero-order valence-electron chi connectivity index (χ0n) is 14.5. The van der Waals surface area contributed by atoms with Gasteiger partial charge in [-0.05, 0) is 36.2 Å². The number of nitrogens with zero attached hydrogens (tertiary/aromatic N) is 4. The Bertz CT molecular complexity index is 1150. The van der Waals surface area contributed by atoms with E-state index in [4.69, 9.17) is 4.52 Å². The van der Waals surface area contributed by atoms with Crippen molar-refractivity contribution in [3.8, 4) is 28.7 Å². The Kier molecular flexibility index (Phi) is 4.68. The zero-order valence-corrected chi connectivity index (χ0v) is 16.0. The molecule has 6 nitrogen and oxygen atoms in total. The highest BCUT2D eigenvalue weighted by atomic mass is 79.9. The molecule has 0 spiro atoms. The largest absolute Gasteiger partial charge is 0.332 e. The minimum Gasteiger partial charge on any atom is -0.332 e. The summed E-state index contributed by atoms with van der Waals surface area (Å²) in [6.45, 7) is 2.10. The Morgan fingerprint density at radius 1 is 1.07 bits per heavy atom. The maximum Gasteiger partial charge on any atom is 0.282 e. The molecule has 0 radical (unpaired) electrons.